The first-order valence-corrected chi connectivity index (χ1v) is 8.38. The van der Waals surface area contributed by atoms with Crippen molar-refractivity contribution in [2.24, 2.45) is 0 Å². The summed E-state index contributed by atoms with van der Waals surface area (Å²) in [6.07, 6.45) is 0. The highest BCUT2D eigenvalue weighted by atomic mass is 79.9. The molecule has 2 aromatic rings. The summed E-state index contributed by atoms with van der Waals surface area (Å²) in [6.45, 7) is 0. The molecule has 0 spiro atoms. The van der Waals surface area contributed by atoms with Gasteiger partial charge in [-0.15, -0.1) is 0 Å². The van der Waals surface area contributed by atoms with Crippen LogP contribution in [0.1, 0.15) is 10.4 Å². The maximum atomic E-state index is 13.7. The van der Waals surface area contributed by atoms with Gasteiger partial charge in [-0.05, 0) is 42.5 Å². The van der Waals surface area contributed by atoms with Crippen molar-refractivity contribution in [3.05, 3.63) is 56.2 Å². The van der Waals surface area contributed by atoms with E-state index in [0.717, 1.165) is 0 Å². The summed E-state index contributed by atoms with van der Waals surface area (Å²) in [7, 11) is 1.42. The van der Waals surface area contributed by atoms with Gasteiger partial charge in [-0.3, -0.25) is 10.1 Å². The first-order chi connectivity index (χ1) is 11.3. The molecule has 0 aliphatic heterocycles. The number of amides is 1. The van der Waals surface area contributed by atoms with E-state index in [4.69, 9.17) is 40.2 Å². The molecule has 2 rings (SSSR count). The monoisotopic (exact) mass is 450 g/mol. The molecule has 0 saturated heterocycles. The lowest BCUT2D eigenvalue weighted by atomic mass is 10.2. The molecule has 0 aromatic heterocycles. The lowest BCUT2D eigenvalue weighted by molar-refractivity contribution is 0.0977. The molecule has 0 unspecified atom stereocenters. The summed E-state index contributed by atoms with van der Waals surface area (Å²) in [5.41, 5.74) is 0.320. The Morgan fingerprint density at radius 3 is 2.42 bits per heavy atom. The molecule has 0 aliphatic carbocycles. The topological polar surface area (TPSA) is 50.4 Å². The second-order valence-corrected chi connectivity index (χ2v) is 6.64. The van der Waals surface area contributed by atoms with E-state index in [1.54, 1.807) is 6.07 Å². The molecule has 126 valence electrons. The van der Waals surface area contributed by atoms with Crippen molar-refractivity contribution in [2.45, 2.75) is 0 Å². The summed E-state index contributed by atoms with van der Waals surface area (Å²) in [4.78, 5) is 12.2. The Balaban J connectivity index is 2.10. The number of halogens is 4. The van der Waals surface area contributed by atoms with Crippen molar-refractivity contribution in [3.8, 4) is 5.75 Å². The van der Waals surface area contributed by atoms with Gasteiger partial charge in [0.1, 0.15) is 5.82 Å². The number of thiocarbonyl (C=S) groups is 1. The van der Waals surface area contributed by atoms with Gasteiger partial charge in [0.25, 0.3) is 5.91 Å². The van der Waals surface area contributed by atoms with Gasteiger partial charge in [-0.2, -0.15) is 0 Å². The molecule has 0 saturated carbocycles. The average Bonchev–Trinajstić information content (AvgIpc) is 2.49. The predicted molar refractivity (Wildman–Crippen MR) is 101 cm³/mol. The molecule has 0 fully saturated rings. The second-order valence-electron chi connectivity index (χ2n) is 4.51. The van der Waals surface area contributed by atoms with E-state index in [0.29, 0.717) is 4.47 Å². The van der Waals surface area contributed by atoms with E-state index in [2.05, 4.69) is 26.6 Å². The summed E-state index contributed by atoms with van der Waals surface area (Å²) in [5, 5.41) is 5.34. The number of anilines is 1. The number of carbonyl (C=O) groups excluding carboxylic acids is 1. The number of hydrogen-bond donors (Lipinski definition) is 2. The summed E-state index contributed by atoms with van der Waals surface area (Å²) >= 11 is 20.1. The van der Waals surface area contributed by atoms with Gasteiger partial charge in [0, 0.05) is 10.0 Å². The van der Waals surface area contributed by atoms with E-state index in [9.17, 15) is 9.18 Å². The van der Waals surface area contributed by atoms with Crippen molar-refractivity contribution < 1.29 is 13.9 Å². The minimum atomic E-state index is -0.545. The van der Waals surface area contributed by atoms with Crippen LogP contribution in [-0.2, 0) is 0 Å². The molecule has 2 aromatic carbocycles. The largest absolute Gasteiger partial charge is 0.494 e. The molecule has 0 atom stereocenters. The Kier molecular flexibility index (Phi) is 6.40. The Morgan fingerprint density at radius 1 is 1.25 bits per heavy atom. The van der Waals surface area contributed by atoms with E-state index in [-0.39, 0.29) is 32.2 Å². The first kappa shape index (κ1) is 18.9. The summed E-state index contributed by atoms with van der Waals surface area (Å²) in [6, 6.07) is 7.18. The Hall–Kier alpha value is -1.41. The van der Waals surface area contributed by atoms with Crippen LogP contribution in [0.2, 0.25) is 10.0 Å². The highest BCUT2D eigenvalue weighted by Crippen LogP contribution is 2.33. The van der Waals surface area contributed by atoms with E-state index in [1.165, 1.54) is 31.4 Å². The van der Waals surface area contributed by atoms with E-state index < -0.39 is 11.7 Å². The Labute approximate surface area is 161 Å². The molecular weight excluding hydrogens is 442 g/mol. The highest BCUT2D eigenvalue weighted by molar-refractivity contribution is 9.10. The third kappa shape index (κ3) is 4.57. The second kappa shape index (κ2) is 8.11. The van der Waals surface area contributed by atoms with E-state index in [1.807, 2.05) is 0 Å². The fourth-order valence-electron chi connectivity index (χ4n) is 1.81. The molecule has 24 heavy (non-hydrogen) atoms. The first-order valence-electron chi connectivity index (χ1n) is 6.42. The number of hydrogen-bond acceptors (Lipinski definition) is 3. The summed E-state index contributed by atoms with van der Waals surface area (Å²) in [5.74, 6) is -0.791. The highest BCUT2D eigenvalue weighted by Gasteiger charge is 2.15. The molecule has 4 nitrogen and oxygen atoms in total. The minimum absolute atomic E-state index is 0.0655. The van der Waals surface area contributed by atoms with Crippen molar-refractivity contribution in [1.82, 2.24) is 5.32 Å². The number of ether oxygens (including phenoxy) is 1. The van der Waals surface area contributed by atoms with Crippen LogP contribution in [0.15, 0.2) is 34.8 Å². The third-order valence-corrected chi connectivity index (χ3v) is 4.13. The normalized spacial score (nSPS) is 10.2. The fraction of sp³-hybridized carbons (Fsp3) is 0.0667. The van der Waals surface area contributed by atoms with Crippen molar-refractivity contribution in [2.75, 3.05) is 12.4 Å². The van der Waals surface area contributed by atoms with Crippen LogP contribution in [0.5, 0.6) is 5.75 Å². The molecule has 0 aliphatic rings. The van der Waals surface area contributed by atoms with Gasteiger partial charge in [-0.25, -0.2) is 4.39 Å². The number of rotatable bonds is 3. The lowest BCUT2D eigenvalue weighted by Crippen LogP contribution is -2.34. The zero-order chi connectivity index (χ0) is 17.9. The predicted octanol–water partition coefficient (Wildman–Crippen LogP) is 5.03. The molecule has 0 heterocycles. The van der Waals surface area contributed by atoms with Crippen molar-refractivity contribution >= 4 is 68.1 Å². The van der Waals surface area contributed by atoms with Crippen LogP contribution < -0.4 is 15.4 Å². The van der Waals surface area contributed by atoms with Gasteiger partial charge < -0.3 is 10.1 Å². The molecule has 0 bridgehead atoms. The van der Waals surface area contributed by atoms with Crippen LogP contribution in [0, 0.1) is 5.82 Å². The lowest BCUT2D eigenvalue weighted by Gasteiger charge is -2.12. The molecular formula is C15H10BrCl2FN2O2S. The molecule has 1 amide bonds. The van der Waals surface area contributed by atoms with Gasteiger partial charge >= 0.3 is 0 Å². The van der Waals surface area contributed by atoms with Gasteiger partial charge in [0.15, 0.2) is 10.9 Å². The summed E-state index contributed by atoms with van der Waals surface area (Å²) < 4.78 is 19.3. The molecule has 9 heteroatoms. The van der Waals surface area contributed by atoms with Crippen LogP contribution in [0.3, 0.4) is 0 Å². The van der Waals surface area contributed by atoms with Crippen LogP contribution >= 0.6 is 51.3 Å². The quantitative estimate of drug-likeness (QED) is 0.642. The maximum Gasteiger partial charge on any atom is 0.257 e. The molecule has 2 N–H and O–H groups in total. The minimum Gasteiger partial charge on any atom is -0.494 e. The standard InChI is InChI=1S/C15H10BrCl2FN2O2S/c1-23-13-9(17)4-7(5-10(13)18)14(22)21-15(24)20-12-3-2-8(16)6-11(12)19/h2-6H,1H3,(H2,20,21,22,24). The van der Waals surface area contributed by atoms with Gasteiger partial charge in [0.05, 0.1) is 22.8 Å². The zero-order valence-electron chi connectivity index (χ0n) is 12.1. The average molecular weight is 452 g/mol. The number of methoxy groups -OCH3 is 1. The Morgan fingerprint density at radius 2 is 1.88 bits per heavy atom. The number of benzene rings is 2. The zero-order valence-corrected chi connectivity index (χ0v) is 16.0. The van der Waals surface area contributed by atoms with Crippen LogP contribution in [0.4, 0.5) is 10.1 Å². The van der Waals surface area contributed by atoms with Crippen molar-refractivity contribution in [1.29, 1.82) is 0 Å². The number of nitrogens with one attached hydrogen (secondary N) is 2. The fourth-order valence-corrected chi connectivity index (χ4v) is 2.98. The van der Waals surface area contributed by atoms with Gasteiger partial charge in [-0.1, -0.05) is 39.1 Å². The molecule has 0 radical (unpaired) electrons. The van der Waals surface area contributed by atoms with Gasteiger partial charge in [0.2, 0.25) is 0 Å². The Bertz CT molecular complexity index is 797. The number of carbonyl (C=O) groups is 1. The van der Waals surface area contributed by atoms with Crippen molar-refractivity contribution in [3.63, 3.8) is 0 Å². The van der Waals surface area contributed by atoms with E-state index >= 15 is 0 Å². The van der Waals surface area contributed by atoms with Crippen LogP contribution in [0.25, 0.3) is 0 Å². The maximum absolute atomic E-state index is 13.7. The third-order valence-electron chi connectivity index (χ3n) is 2.87. The SMILES string of the molecule is COc1c(Cl)cc(C(=O)NC(=S)Nc2ccc(Br)cc2F)cc1Cl. The smallest absolute Gasteiger partial charge is 0.257 e. The van der Waals surface area contributed by atoms with Crippen LogP contribution in [-0.4, -0.2) is 18.1 Å².